The minimum atomic E-state index is -0.407. The van der Waals surface area contributed by atoms with E-state index in [2.05, 4.69) is 20.9 Å². The minimum Gasteiger partial charge on any atom is -0.258 e. The van der Waals surface area contributed by atoms with Crippen molar-refractivity contribution in [1.29, 1.82) is 0 Å². The van der Waals surface area contributed by atoms with Gasteiger partial charge < -0.3 is 0 Å². The van der Waals surface area contributed by atoms with E-state index in [9.17, 15) is 0 Å². The lowest BCUT2D eigenvalue weighted by atomic mass is 10.1. The quantitative estimate of drug-likeness (QED) is 0.653. The second-order valence-corrected chi connectivity index (χ2v) is 5.53. The van der Waals surface area contributed by atoms with Gasteiger partial charge in [-0.3, -0.25) is 4.98 Å². The van der Waals surface area contributed by atoms with E-state index in [0.29, 0.717) is 10.0 Å². The second-order valence-electron chi connectivity index (χ2n) is 3.40. The third-order valence-electron chi connectivity index (χ3n) is 2.26. The second kappa shape index (κ2) is 5.57. The Morgan fingerprint density at radius 1 is 1.18 bits per heavy atom. The van der Waals surface area contributed by atoms with Crippen LogP contribution in [-0.4, -0.2) is 4.98 Å². The Labute approximate surface area is 123 Å². The number of halogens is 4. The van der Waals surface area contributed by atoms with Gasteiger partial charge in [-0.25, -0.2) is 0 Å². The number of hydrogen-bond acceptors (Lipinski definition) is 1. The fourth-order valence-corrected chi connectivity index (χ4v) is 2.99. The van der Waals surface area contributed by atoms with Crippen molar-refractivity contribution in [1.82, 2.24) is 4.98 Å². The number of hydrogen-bond donors (Lipinski definition) is 0. The third kappa shape index (κ3) is 2.94. The molecule has 0 spiro atoms. The average Bonchev–Trinajstić information content (AvgIpc) is 2.29. The van der Waals surface area contributed by atoms with Crippen LogP contribution in [0.5, 0.6) is 0 Å². The first-order valence-corrected chi connectivity index (χ1v) is 6.77. The molecule has 0 N–H and O–H groups in total. The van der Waals surface area contributed by atoms with E-state index in [-0.39, 0.29) is 0 Å². The van der Waals surface area contributed by atoms with Gasteiger partial charge in [-0.1, -0.05) is 29.3 Å². The number of rotatable bonds is 2. The Bertz CT molecular complexity index is 545. The molecule has 88 valence electrons. The van der Waals surface area contributed by atoms with Gasteiger partial charge in [-0.15, -0.1) is 11.6 Å². The van der Waals surface area contributed by atoms with Crippen molar-refractivity contribution in [2.75, 3.05) is 0 Å². The van der Waals surface area contributed by atoms with Crippen LogP contribution < -0.4 is 0 Å². The first-order valence-electron chi connectivity index (χ1n) is 4.79. The number of pyridine rings is 1. The first-order chi connectivity index (χ1) is 8.09. The van der Waals surface area contributed by atoms with Crippen molar-refractivity contribution in [3.63, 3.8) is 0 Å². The van der Waals surface area contributed by atoms with Crippen LogP contribution in [0.1, 0.15) is 16.6 Å². The highest BCUT2D eigenvalue weighted by Crippen LogP contribution is 2.36. The van der Waals surface area contributed by atoms with Crippen LogP contribution in [0.4, 0.5) is 0 Å². The summed E-state index contributed by atoms with van der Waals surface area (Å²) in [5.74, 6) is 0. The molecule has 0 aliphatic rings. The molecule has 0 aliphatic heterocycles. The number of alkyl halides is 1. The highest BCUT2D eigenvalue weighted by Gasteiger charge is 2.18. The molecule has 1 aromatic heterocycles. The number of benzene rings is 1. The van der Waals surface area contributed by atoms with Crippen molar-refractivity contribution in [2.45, 2.75) is 5.38 Å². The van der Waals surface area contributed by atoms with Gasteiger partial charge in [0.2, 0.25) is 0 Å². The van der Waals surface area contributed by atoms with Crippen molar-refractivity contribution in [3.8, 4) is 0 Å². The normalized spacial score (nSPS) is 12.5. The van der Waals surface area contributed by atoms with Crippen molar-refractivity contribution in [3.05, 3.63) is 62.3 Å². The van der Waals surface area contributed by atoms with Crippen LogP contribution in [0, 0.1) is 0 Å². The van der Waals surface area contributed by atoms with Gasteiger partial charge in [0, 0.05) is 20.7 Å². The van der Waals surface area contributed by atoms with Crippen LogP contribution in [0.25, 0.3) is 0 Å². The summed E-state index contributed by atoms with van der Waals surface area (Å²) in [5, 5.41) is 0.716. The summed E-state index contributed by atoms with van der Waals surface area (Å²) in [6.07, 6.45) is 1.69. The van der Waals surface area contributed by atoms with E-state index in [1.807, 2.05) is 18.2 Å². The maximum absolute atomic E-state index is 6.37. The van der Waals surface area contributed by atoms with Crippen molar-refractivity contribution >= 4 is 50.7 Å². The van der Waals surface area contributed by atoms with Crippen LogP contribution >= 0.6 is 50.7 Å². The molecule has 5 heteroatoms. The molecule has 0 bridgehead atoms. The summed E-state index contributed by atoms with van der Waals surface area (Å²) in [6, 6.07) is 8.96. The standard InChI is InChI=1S/C12H7BrCl3N/c13-9-2-1-5-17-12(9)11(16)8-4-3-7(14)6-10(8)15/h1-6,11H. The van der Waals surface area contributed by atoms with Gasteiger partial charge in [0.15, 0.2) is 0 Å². The first kappa shape index (κ1) is 13.2. The fourth-order valence-electron chi connectivity index (χ4n) is 1.44. The zero-order chi connectivity index (χ0) is 12.4. The molecule has 0 radical (unpaired) electrons. The Kier molecular flexibility index (Phi) is 4.31. The fraction of sp³-hybridized carbons (Fsp3) is 0.0833. The van der Waals surface area contributed by atoms with Gasteiger partial charge in [0.25, 0.3) is 0 Å². The smallest absolute Gasteiger partial charge is 0.103 e. The molecule has 0 aliphatic carbocycles. The highest BCUT2D eigenvalue weighted by molar-refractivity contribution is 9.10. The summed E-state index contributed by atoms with van der Waals surface area (Å²) < 4.78 is 0.853. The Morgan fingerprint density at radius 2 is 1.94 bits per heavy atom. The molecule has 1 heterocycles. The molecule has 1 nitrogen and oxygen atoms in total. The van der Waals surface area contributed by atoms with Gasteiger partial charge in [0.1, 0.15) is 5.38 Å². The van der Waals surface area contributed by atoms with Gasteiger partial charge >= 0.3 is 0 Å². The molecule has 1 atom stereocenters. The molecular weight excluding hydrogens is 344 g/mol. The number of nitrogens with zero attached hydrogens (tertiary/aromatic N) is 1. The topological polar surface area (TPSA) is 12.9 Å². The molecule has 0 saturated carbocycles. The Morgan fingerprint density at radius 3 is 2.59 bits per heavy atom. The molecule has 2 aromatic rings. The Balaban J connectivity index is 2.44. The van der Waals surface area contributed by atoms with Crippen molar-refractivity contribution < 1.29 is 0 Å². The molecule has 17 heavy (non-hydrogen) atoms. The Hall–Kier alpha value is -0.280. The van der Waals surface area contributed by atoms with E-state index < -0.39 is 5.38 Å². The van der Waals surface area contributed by atoms with Gasteiger partial charge in [-0.05, 0) is 45.8 Å². The summed E-state index contributed by atoms with van der Waals surface area (Å²) >= 11 is 21.8. The van der Waals surface area contributed by atoms with Gasteiger partial charge in [-0.2, -0.15) is 0 Å². The summed E-state index contributed by atoms with van der Waals surface area (Å²) in [6.45, 7) is 0. The lowest BCUT2D eigenvalue weighted by molar-refractivity contribution is 1.03. The van der Waals surface area contributed by atoms with E-state index in [0.717, 1.165) is 15.7 Å². The zero-order valence-corrected chi connectivity index (χ0v) is 12.4. The maximum Gasteiger partial charge on any atom is 0.103 e. The zero-order valence-electron chi connectivity index (χ0n) is 8.50. The molecule has 0 amide bonds. The number of aromatic nitrogens is 1. The van der Waals surface area contributed by atoms with Crippen LogP contribution in [0.2, 0.25) is 10.0 Å². The average molecular weight is 351 g/mol. The SMILES string of the molecule is Clc1ccc(C(Cl)c2ncccc2Br)c(Cl)c1. The lowest BCUT2D eigenvalue weighted by Gasteiger charge is -2.12. The molecule has 2 rings (SSSR count). The van der Waals surface area contributed by atoms with Gasteiger partial charge in [0.05, 0.1) is 5.69 Å². The molecule has 1 aromatic carbocycles. The predicted molar refractivity (Wildman–Crippen MR) is 76.1 cm³/mol. The molecule has 1 unspecified atom stereocenters. The summed E-state index contributed by atoms with van der Waals surface area (Å²) in [4.78, 5) is 4.25. The minimum absolute atomic E-state index is 0.407. The predicted octanol–water partition coefficient (Wildman–Crippen LogP) is 5.48. The summed E-state index contributed by atoms with van der Waals surface area (Å²) in [7, 11) is 0. The summed E-state index contributed by atoms with van der Waals surface area (Å²) in [5.41, 5.74) is 1.52. The van der Waals surface area contributed by atoms with Crippen LogP contribution in [0.15, 0.2) is 41.0 Å². The van der Waals surface area contributed by atoms with E-state index in [1.54, 1.807) is 18.3 Å². The van der Waals surface area contributed by atoms with Crippen LogP contribution in [-0.2, 0) is 0 Å². The van der Waals surface area contributed by atoms with Crippen LogP contribution in [0.3, 0.4) is 0 Å². The molecular formula is C12H7BrCl3N. The lowest BCUT2D eigenvalue weighted by Crippen LogP contribution is -1.98. The van der Waals surface area contributed by atoms with Crippen molar-refractivity contribution in [2.24, 2.45) is 0 Å². The third-order valence-corrected chi connectivity index (χ3v) is 3.94. The highest BCUT2D eigenvalue weighted by atomic mass is 79.9. The largest absolute Gasteiger partial charge is 0.258 e. The monoisotopic (exact) mass is 349 g/mol. The molecule has 0 fully saturated rings. The van der Waals surface area contributed by atoms with E-state index in [4.69, 9.17) is 34.8 Å². The molecule has 0 saturated heterocycles. The van der Waals surface area contributed by atoms with E-state index >= 15 is 0 Å². The maximum atomic E-state index is 6.37. The van der Waals surface area contributed by atoms with E-state index in [1.165, 1.54) is 0 Å².